The Morgan fingerprint density at radius 3 is 2.66 bits per heavy atom. The highest BCUT2D eigenvalue weighted by Gasteiger charge is 2.32. The molecule has 232 valence electrons. The summed E-state index contributed by atoms with van der Waals surface area (Å²) >= 11 is 0. The number of methoxy groups -OCH3 is 1. The Morgan fingerprint density at radius 2 is 1.95 bits per heavy atom. The number of nitrogens with one attached hydrogen (secondary N) is 3. The van der Waals surface area contributed by atoms with Gasteiger partial charge in [-0.15, -0.1) is 0 Å². The van der Waals surface area contributed by atoms with Gasteiger partial charge in [-0.25, -0.2) is 9.59 Å². The summed E-state index contributed by atoms with van der Waals surface area (Å²) in [7, 11) is 1.26. The second-order valence-corrected chi connectivity index (χ2v) is 9.85. The van der Waals surface area contributed by atoms with Crippen molar-refractivity contribution in [3.63, 3.8) is 0 Å². The number of aliphatic hydroxyl groups excluding tert-OH is 1. The average Bonchev–Trinajstić information content (AvgIpc) is 3.28. The Balaban J connectivity index is 1.44. The van der Waals surface area contributed by atoms with Crippen LogP contribution in [0.4, 0.5) is 10.5 Å². The number of carbonyl (C=O) groups is 2. The smallest absolute Gasteiger partial charge is 0.337 e. The third-order valence-electron chi connectivity index (χ3n) is 6.87. The van der Waals surface area contributed by atoms with E-state index in [0.717, 1.165) is 17.0 Å². The van der Waals surface area contributed by atoms with Gasteiger partial charge >= 0.3 is 12.0 Å². The lowest BCUT2D eigenvalue weighted by atomic mass is 9.95. The lowest BCUT2D eigenvalue weighted by Gasteiger charge is -2.28. The summed E-state index contributed by atoms with van der Waals surface area (Å²) in [6.07, 6.45) is 0.363. The van der Waals surface area contributed by atoms with Gasteiger partial charge in [-0.05, 0) is 57.5 Å². The molecule has 0 fully saturated rings. The third-order valence-corrected chi connectivity index (χ3v) is 6.87. The van der Waals surface area contributed by atoms with E-state index in [-0.39, 0.29) is 17.9 Å². The van der Waals surface area contributed by atoms with Crippen molar-refractivity contribution < 1.29 is 33.8 Å². The van der Waals surface area contributed by atoms with E-state index in [4.69, 9.17) is 14.2 Å². The van der Waals surface area contributed by atoms with E-state index >= 15 is 0 Å². The van der Waals surface area contributed by atoms with Gasteiger partial charge in [-0.2, -0.15) is 5.10 Å². The molecule has 4 N–H and O–H groups in total. The van der Waals surface area contributed by atoms with Crippen molar-refractivity contribution in [1.29, 1.82) is 0 Å². The zero-order valence-electron chi connectivity index (χ0n) is 24.9. The number of rotatable bonds is 12. The molecular formula is C30H34N6O8. The van der Waals surface area contributed by atoms with Crippen molar-refractivity contribution in [1.82, 2.24) is 20.6 Å². The van der Waals surface area contributed by atoms with Crippen LogP contribution in [0.25, 0.3) is 5.69 Å². The van der Waals surface area contributed by atoms with Crippen LogP contribution >= 0.6 is 0 Å². The van der Waals surface area contributed by atoms with Crippen LogP contribution in [0.1, 0.15) is 42.4 Å². The number of non-ortho nitro benzene ring substituents is 1. The van der Waals surface area contributed by atoms with Crippen molar-refractivity contribution in [2.75, 3.05) is 20.3 Å². The van der Waals surface area contributed by atoms with E-state index in [1.54, 1.807) is 50.4 Å². The van der Waals surface area contributed by atoms with Crippen LogP contribution in [0, 0.1) is 24.0 Å². The molecule has 0 radical (unpaired) electrons. The van der Waals surface area contributed by atoms with Crippen LogP contribution in [0.2, 0.25) is 0 Å². The Morgan fingerprint density at radius 1 is 1.18 bits per heavy atom. The molecule has 2 atom stereocenters. The van der Waals surface area contributed by atoms with Gasteiger partial charge in [0, 0.05) is 34.8 Å². The van der Waals surface area contributed by atoms with E-state index in [0.29, 0.717) is 35.1 Å². The minimum Gasteiger partial charge on any atom is -0.490 e. The summed E-state index contributed by atoms with van der Waals surface area (Å²) in [6, 6.07) is 12.0. The van der Waals surface area contributed by atoms with Gasteiger partial charge in [0.1, 0.15) is 6.61 Å². The largest absolute Gasteiger partial charge is 0.490 e. The highest BCUT2D eigenvalue weighted by atomic mass is 16.6. The first-order valence-corrected chi connectivity index (χ1v) is 13.7. The van der Waals surface area contributed by atoms with Gasteiger partial charge < -0.3 is 34.5 Å². The number of benzene rings is 2. The Bertz CT molecular complexity index is 1630. The molecule has 2 aromatic carbocycles. The molecular weight excluding hydrogens is 572 g/mol. The molecule has 0 saturated heterocycles. The van der Waals surface area contributed by atoms with Crippen molar-refractivity contribution in [3.05, 3.63) is 92.4 Å². The molecule has 0 aliphatic carbocycles. The molecule has 2 heterocycles. The summed E-state index contributed by atoms with van der Waals surface area (Å²) in [4.78, 5) is 35.3. The second-order valence-electron chi connectivity index (χ2n) is 9.85. The lowest BCUT2D eigenvalue weighted by molar-refractivity contribution is -0.384. The number of esters is 1. The van der Waals surface area contributed by atoms with E-state index in [9.17, 15) is 24.8 Å². The number of nitro groups is 1. The van der Waals surface area contributed by atoms with Crippen molar-refractivity contribution in [2.45, 2.75) is 40.0 Å². The number of amides is 2. The fourth-order valence-corrected chi connectivity index (χ4v) is 4.88. The molecule has 1 aliphatic rings. The maximum absolute atomic E-state index is 12.4. The van der Waals surface area contributed by atoms with Crippen molar-refractivity contribution in [2.24, 2.45) is 5.10 Å². The summed E-state index contributed by atoms with van der Waals surface area (Å²) in [5, 5.41) is 31.1. The number of aromatic nitrogens is 1. The number of hydrogen-bond acceptors (Lipinski definition) is 10. The number of nitro benzene ring substituents is 1. The standard InChI is InChI=1S/C30H34N6O8/c1-6-43-25-13-20(28-27(29(38)42-5)18(3)32-30(39)33-28)10-11-24(25)44-16-26(37)34-31-15-21-12-17(2)35(19(21)4)22-8-7-9-23(14-22)36(40)41/h7-15,26,28,34,37H,6,16H2,1-5H3,(H2,32,33,39)/b31-15-/t26-,28-/m0/s1. The number of nitrogens with zero attached hydrogens (tertiary/aromatic N) is 3. The fraction of sp³-hybridized carbons (Fsp3) is 0.300. The van der Waals surface area contributed by atoms with Gasteiger partial charge in [0.2, 0.25) is 0 Å². The zero-order chi connectivity index (χ0) is 32.0. The summed E-state index contributed by atoms with van der Waals surface area (Å²) in [5.41, 5.74) is 6.89. The molecule has 3 aromatic rings. The number of ether oxygens (including phenoxy) is 3. The predicted octanol–water partition coefficient (Wildman–Crippen LogP) is 3.52. The van der Waals surface area contributed by atoms with Gasteiger partial charge in [-0.3, -0.25) is 15.5 Å². The second kappa shape index (κ2) is 13.7. The molecule has 14 heteroatoms. The molecule has 1 aromatic heterocycles. The minimum atomic E-state index is -1.18. The number of hydrogen-bond donors (Lipinski definition) is 4. The maximum atomic E-state index is 12.4. The topological polar surface area (TPSA) is 179 Å². The molecule has 0 bridgehead atoms. The van der Waals surface area contributed by atoms with Crippen LogP contribution < -0.4 is 25.5 Å². The Kier molecular flexibility index (Phi) is 9.85. The number of carbonyl (C=O) groups excluding carboxylic acids is 2. The quantitative estimate of drug-likeness (QED) is 0.0789. The number of aryl methyl sites for hydroxylation is 1. The van der Waals surface area contributed by atoms with Crippen LogP contribution in [-0.4, -0.2) is 59.4 Å². The maximum Gasteiger partial charge on any atom is 0.337 e. The molecule has 44 heavy (non-hydrogen) atoms. The molecule has 0 unspecified atom stereocenters. The Hall–Kier alpha value is -5.37. The highest BCUT2D eigenvalue weighted by Crippen LogP contribution is 2.35. The number of aliphatic hydroxyl groups is 1. The van der Waals surface area contributed by atoms with E-state index in [2.05, 4.69) is 21.2 Å². The van der Waals surface area contributed by atoms with E-state index in [1.807, 2.05) is 24.5 Å². The van der Waals surface area contributed by atoms with Crippen LogP contribution in [0.3, 0.4) is 0 Å². The predicted molar refractivity (Wildman–Crippen MR) is 161 cm³/mol. The first-order chi connectivity index (χ1) is 21.0. The molecule has 0 spiro atoms. The molecule has 1 aliphatic heterocycles. The normalized spacial score (nSPS) is 15.4. The van der Waals surface area contributed by atoms with Crippen LogP contribution in [0.5, 0.6) is 11.5 Å². The number of hydrazone groups is 1. The van der Waals surface area contributed by atoms with Crippen molar-refractivity contribution in [3.8, 4) is 17.2 Å². The SMILES string of the molecule is CCOc1cc([C@@H]2NC(=O)NC(C)=C2C(=O)OC)ccc1OC[C@H](O)N/N=C\c1cc(C)n(-c2cccc([N+](=O)[O-])c2)c1C. The van der Waals surface area contributed by atoms with Gasteiger partial charge in [0.15, 0.2) is 17.7 Å². The van der Waals surface area contributed by atoms with E-state index in [1.165, 1.54) is 19.2 Å². The van der Waals surface area contributed by atoms with Crippen molar-refractivity contribution >= 4 is 23.9 Å². The number of allylic oxidation sites excluding steroid dienone is 1. The van der Waals surface area contributed by atoms with Gasteiger partial charge in [-0.1, -0.05) is 12.1 Å². The minimum absolute atomic E-state index is 0.00641. The molecule has 2 amide bonds. The van der Waals surface area contributed by atoms with Crippen LogP contribution in [-0.2, 0) is 9.53 Å². The molecule has 0 saturated carbocycles. The van der Waals surface area contributed by atoms with E-state index < -0.39 is 29.2 Å². The zero-order valence-corrected chi connectivity index (χ0v) is 24.9. The van der Waals surface area contributed by atoms with Gasteiger partial charge in [0.05, 0.1) is 42.2 Å². The summed E-state index contributed by atoms with van der Waals surface area (Å²) in [6.45, 7) is 7.30. The Labute approximate surface area is 253 Å². The van der Waals surface area contributed by atoms with Gasteiger partial charge in [0.25, 0.3) is 5.69 Å². The first-order valence-electron chi connectivity index (χ1n) is 13.7. The monoisotopic (exact) mass is 606 g/mol. The molecule has 14 nitrogen and oxygen atoms in total. The average molecular weight is 607 g/mol. The summed E-state index contributed by atoms with van der Waals surface area (Å²) < 4.78 is 18.3. The summed E-state index contributed by atoms with van der Waals surface area (Å²) in [5.74, 6) is 0.101. The highest BCUT2D eigenvalue weighted by molar-refractivity contribution is 5.95. The third kappa shape index (κ3) is 6.98. The first kappa shape index (κ1) is 31.6. The number of urea groups is 1. The molecule has 4 rings (SSSR count). The lowest BCUT2D eigenvalue weighted by Crippen LogP contribution is -2.45. The fourth-order valence-electron chi connectivity index (χ4n) is 4.88. The van der Waals surface area contributed by atoms with Crippen LogP contribution in [0.15, 0.2) is 64.9 Å².